The average molecular weight is 389 g/mol. The van der Waals surface area contributed by atoms with E-state index in [0.717, 1.165) is 5.56 Å². The van der Waals surface area contributed by atoms with Gasteiger partial charge >= 0.3 is 12.0 Å². The molecule has 0 amide bonds. The second kappa shape index (κ2) is 6.23. The summed E-state index contributed by atoms with van der Waals surface area (Å²) in [7, 11) is 2.87. The van der Waals surface area contributed by atoms with Crippen LogP contribution in [0.3, 0.4) is 0 Å². The predicted octanol–water partition coefficient (Wildman–Crippen LogP) is 3.36. The summed E-state index contributed by atoms with van der Waals surface area (Å²) in [6.07, 6.45) is 0. The number of methoxy groups -OCH3 is 2. The monoisotopic (exact) mass is 387 g/mol. The molecule has 0 spiro atoms. The summed E-state index contributed by atoms with van der Waals surface area (Å²) in [6.45, 7) is 1.95. The first-order valence-electron chi connectivity index (χ1n) is 6.74. The van der Waals surface area contributed by atoms with Crippen LogP contribution in [0.1, 0.15) is 11.4 Å². The normalized spacial score (nSPS) is 11.8. The molecule has 2 heterocycles. The summed E-state index contributed by atoms with van der Waals surface area (Å²) in [5.74, 6) is 0.329. The molecule has 0 atom stereocenters. The number of benzene rings is 1. The number of aryl methyl sites for hydroxylation is 1. The SMILES string of the molecule is COc1nc(OC)nc(-n2c(C(Cl)(Cl)Cl)nc3cc(C)ccc32)n1. The maximum Gasteiger partial charge on any atom is 0.324 e. The van der Waals surface area contributed by atoms with Gasteiger partial charge in [-0.3, -0.25) is 4.57 Å². The van der Waals surface area contributed by atoms with Crippen LogP contribution < -0.4 is 9.47 Å². The van der Waals surface area contributed by atoms with Gasteiger partial charge < -0.3 is 9.47 Å². The quantitative estimate of drug-likeness (QED) is 0.640. The Hall–Kier alpha value is -1.83. The molecule has 0 fully saturated rings. The smallest absolute Gasteiger partial charge is 0.324 e. The number of imidazole rings is 1. The van der Waals surface area contributed by atoms with Gasteiger partial charge in [0.1, 0.15) is 0 Å². The van der Waals surface area contributed by atoms with Gasteiger partial charge in [-0.25, -0.2) is 4.98 Å². The van der Waals surface area contributed by atoms with E-state index in [1.54, 1.807) is 0 Å². The standard InChI is InChI=1S/C14H12Cl3N5O2/c1-7-4-5-9-8(6-7)18-10(14(15,16)17)22(9)11-19-12(23-2)21-13(20-11)24-3/h4-6H,1-3H3. The molecule has 7 nitrogen and oxygen atoms in total. The number of nitrogens with zero attached hydrogens (tertiary/aromatic N) is 5. The summed E-state index contributed by atoms with van der Waals surface area (Å²) in [5.41, 5.74) is 2.35. The van der Waals surface area contributed by atoms with Crippen LogP contribution in [-0.4, -0.2) is 38.7 Å². The lowest BCUT2D eigenvalue weighted by Crippen LogP contribution is -2.14. The van der Waals surface area contributed by atoms with Crippen molar-refractivity contribution in [2.45, 2.75) is 10.7 Å². The summed E-state index contributed by atoms with van der Waals surface area (Å²) in [5, 5.41) is 0. The van der Waals surface area contributed by atoms with Crippen molar-refractivity contribution in [3.8, 4) is 18.0 Å². The van der Waals surface area contributed by atoms with Crippen LogP contribution in [-0.2, 0) is 3.79 Å². The first-order valence-corrected chi connectivity index (χ1v) is 7.87. The van der Waals surface area contributed by atoms with Crippen LogP contribution in [0.15, 0.2) is 18.2 Å². The third kappa shape index (κ3) is 3.07. The van der Waals surface area contributed by atoms with E-state index in [4.69, 9.17) is 44.3 Å². The molecule has 0 bridgehead atoms. The van der Waals surface area contributed by atoms with Crippen LogP contribution in [0.5, 0.6) is 12.0 Å². The van der Waals surface area contributed by atoms with Crippen LogP contribution in [0.2, 0.25) is 0 Å². The highest BCUT2D eigenvalue weighted by atomic mass is 35.6. The van der Waals surface area contributed by atoms with Gasteiger partial charge in [0.2, 0.25) is 9.74 Å². The number of alkyl halides is 3. The lowest BCUT2D eigenvalue weighted by Gasteiger charge is -2.13. The maximum atomic E-state index is 6.09. The molecule has 0 aliphatic rings. The van der Waals surface area contributed by atoms with E-state index in [-0.39, 0.29) is 23.8 Å². The van der Waals surface area contributed by atoms with E-state index in [1.165, 1.54) is 18.8 Å². The van der Waals surface area contributed by atoms with Gasteiger partial charge in [0.15, 0.2) is 5.82 Å². The first kappa shape index (κ1) is 17.0. The van der Waals surface area contributed by atoms with Crippen molar-refractivity contribution in [3.63, 3.8) is 0 Å². The van der Waals surface area contributed by atoms with Crippen molar-refractivity contribution in [1.82, 2.24) is 24.5 Å². The fourth-order valence-corrected chi connectivity index (χ4v) is 2.57. The third-order valence-electron chi connectivity index (χ3n) is 3.21. The Labute approximate surface area is 152 Å². The molecular formula is C14H12Cl3N5O2. The zero-order valence-electron chi connectivity index (χ0n) is 12.9. The van der Waals surface area contributed by atoms with E-state index >= 15 is 0 Å². The molecule has 0 aliphatic carbocycles. The number of rotatable bonds is 3. The Bertz CT molecular complexity index is 885. The van der Waals surface area contributed by atoms with Gasteiger partial charge in [0, 0.05) is 0 Å². The molecule has 0 saturated carbocycles. The van der Waals surface area contributed by atoms with Crippen molar-refractivity contribution in [2.24, 2.45) is 0 Å². The van der Waals surface area contributed by atoms with E-state index in [2.05, 4.69) is 19.9 Å². The maximum absolute atomic E-state index is 6.09. The molecule has 0 saturated heterocycles. The van der Waals surface area contributed by atoms with Crippen LogP contribution in [0.4, 0.5) is 0 Å². The lowest BCUT2D eigenvalue weighted by molar-refractivity contribution is 0.338. The number of ether oxygens (including phenoxy) is 2. The molecule has 24 heavy (non-hydrogen) atoms. The van der Waals surface area contributed by atoms with Crippen molar-refractivity contribution < 1.29 is 9.47 Å². The van der Waals surface area contributed by atoms with E-state index in [9.17, 15) is 0 Å². The minimum atomic E-state index is -1.78. The molecule has 2 aromatic heterocycles. The van der Waals surface area contributed by atoms with Crippen LogP contribution in [0.25, 0.3) is 17.0 Å². The third-order valence-corrected chi connectivity index (χ3v) is 3.72. The minimum Gasteiger partial charge on any atom is -0.467 e. The van der Waals surface area contributed by atoms with Gasteiger partial charge in [0.05, 0.1) is 25.3 Å². The number of hydrogen-bond donors (Lipinski definition) is 0. The fourth-order valence-electron chi connectivity index (χ4n) is 2.19. The van der Waals surface area contributed by atoms with Crippen LogP contribution >= 0.6 is 34.8 Å². The summed E-state index contributed by atoms with van der Waals surface area (Å²) < 4.78 is 9.91. The first-order chi connectivity index (χ1) is 11.3. The molecule has 0 N–H and O–H groups in total. The van der Waals surface area contributed by atoms with Crippen LogP contribution in [0, 0.1) is 6.92 Å². The van der Waals surface area contributed by atoms with Crippen molar-refractivity contribution in [2.75, 3.05) is 14.2 Å². The van der Waals surface area contributed by atoms with Gasteiger partial charge in [-0.2, -0.15) is 9.97 Å². The summed E-state index contributed by atoms with van der Waals surface area (Å²) in [4.78, 5) is 16.8. The molecule has 126 valence electrons. The molecule has 0 unspecified atom stereocenters. The van der Waals surface area contributed by atoms with Crippen molar-refractivity contribution in [3.05, 3.63) is 29.6 Å². The Kier molecular flexibility index (Phi) is 4.42. The summed E-state index contributed by atoms with van der Waals surface area (Å²) >= 11 is 18.3. The van der Waals surface area contributed by atoms with Crippen molar-refractivity contribution >= 4 is 45.8 Å². The highest BCUT2D eigenvalue weighted by molar-refractivity contribution is 6.66. The fraction of sp³-hybridized carbons (Fsp3) is 0.286. The zero-order valence-corrected chi connectivity index (χ0v) is 15.2. The molecular weight excluding hydrogens is 377 g/mol. The van der Waals surface area contributed by atoms with Gasteiger partial charge in [0.25, 0.3) is 0 Å². The second-order valence-corrected chi connectivity index (χ2v) is 7.15. The predicted molar refractivity (Wildman–Crippen MR) is 91.5 cm³/mol. The lowest BCUT2D eigenvalue weighted by atomic mass is 10.2. The number of halogens is 3. The minimum absolute atomic E-state index is 0.0704. The topological polar surface area (TPSA) is 75.0 Å². The van der Waals surface area contributed by atoms with Crippen molar-refractivity contribution in [1.29, 1.82) is 0 Å². The highest BCUT2D eigenvalue weighted by Crippen LogP contribution is 2.40. The number of hydrogen-bond acceptors (Lipinski definition) is 6. The van der Waals surface area contributed by atoms with E-state index in [0.29, 0.717) is 11.0 Å². The number of fused-ring (bicyclic) bond motifs is 1. The Morgan fingerprint density at radius 1 is 0.958 bits per heavy atom. The Morgan fingerprint density at radius 3 is 2.12 bits per heavy atom. The summed E-state index contributed by atoms with van der Waals surface area (Å²) in [6, 6.07) is 5.78. The van der Waals surface area contributed by atoms with E-state index in [1.807, 2.05) is 25.1 Å². The largest absolute Gasteiger partial charge is 0.467 e. The van der Waals surface area contributed by atoms with Gasteiger partial charge in [-0.1, -0.05) is 40.9 Å². The molecule has 3 rings (SSSR count). The van der Waals surface area contributed by atoms with E-state index < -0.39 is 3.79 Å². The molecule has 0 radical (unpaired) electrons. The van der Waals surface area contributed by atoms with Gasteiger partial charge in [-0.05, 0) is 24.6 Å². The molecule has 3 aromatic rings. The Balaban J connectivity index is 2.36. The zero-order chi connectivity index (χ0) is 17.5. The second-order valence-electron chi connectivity index (χ2n) is 4.87. The number of aromatic nitrogens is 5. The average Bonchev–Trinajstić information content (AvgIpc) is 2.93. The molecule has 1 aromatic carbocycles. The molecule has 10 heteroatoms. The molecule has 0 aliphatic heterocycles. The Morgan fingerprint density at radius 2 is 1.58 bits per heavy atom. The highest BCUT2D eigenvalue weighted by Gasteiger charge is 2.32. The van der Waals surface area contributed by atoms with Gasteiger partial charge in [-0.15, -0.1) is 4.98 Å².